The Bertz CT molecular complexity index is 683. The van der Waals surface area contributed by atoms with E-state index in [1.54, 1.807) is 5.57 Å². The van der Waals surface area contributed by atoms with E-state index >= 15 is 0 Å². The zero-order chi connectivity index (χ0) is 21.0. The van der Waals surface area contributed by atoms with Gasteiger partial charge in [0.2, 0.25) is 0 Å². The molecule has 0 amide bonds. The Kier molecular flexibility index (Phi) is 5.61. The molecule has 4 aliphatic rings. The van der Waals surface area contributed by atoms with Crippen LogP contribution in [0.5, 0.6) is 0 Å². The van der Waals surface area contributed by atoms with Crippen LogP contribution in [0.1, 0.15) is 98.8 Å². The van der Waals surface area contributed by atoms with Gasteiger partial charge in [0.1, 0.15) is 0 Å². The number of hydrogen-bond donors (Lipinski definition) is 2. The van der Waals surface area contributed by atoms with Gasteiger partial charge in [0.15, 0.2) is 0 Å². The van der Waals surface area contributed by atoms with Gasteiger partial charge in [0.25, 0.3) is 0 Å². The van der Waals surface area contributed by atoms with Gasteiger partial charge >= 0.3 is 0 Å². The monoisotopic (exact) mass is 400 g/mol. The van der Waals surface area contributed by atoms with Crippen LogP contribution in [-0.2, 0) is 0 Å². The van der Waals surface area contributed by atoms with Gasteiger partial charge in [-0.1, -0.05) is 56.9 Å². The molecule has 164 valence electrons. The average molecular weight is 401 g/mol. The Hall–Kier alpha value is -0.600. The third-order valence-corrected chi connectivity index (χ3v) is 9.75. The molecule has 0 aromatic rings. The van der Waals surface area contributed by atoms with Gasteiger partial charge in [-0.15, -0.1) is 0 Å². The molecule has 0 unspecified atom stereocenters. The number of fused-ring (bicyclic) bond motifs is 5. The van der Waals surface area contributed by atoms with E-state index in [2.05, 4.69) is 32.9 Å². The minimum atomic E-state index is -0.528. The molecule has 0 heterocycles. The molecule has 0 spiro atoms. The first-order valence-electron chi connectivity index (χ1n) is 12.4. The molecule has 0 bridgehead atoms. The summed E-state index contributed by atoms with van der Waals surface area (Å²) in [6, 6.07) is 0. The minimum Gasteiger partial charge on any atom is -0.393 e. The van der Waals surface area contributed by atoms with E-state index in [4.69, 9.17) is 0 Å². The lowest BCUT2D eigenvalue weighted by Gasteiger charge is -2.55. The largest absolute Gasteiger partial charge is 0.393 e. The van der Waals surface area contributed by atoms with Crippen LogP contribution in [-0.4, -0.2) is 21.9 Å². The topological polar surface area (TPSA) is 40.5 Å². The number of aliphatic hydroxyl groups excluding tert-OH is 1. The Morgan fingerprint density at radius 2 is 1.83 bits per heavy atom. The summed E-state index contributed by atoms with van der Waals surface area (Å²) in [4.78, 5) is 0. The summed E-state index contributed by atoms with van der Waals surface area (Å²) in [5.41, 5.74) is 3.49. The summed E-state index contributed by atoms with van der Waals surface area (Å²) in [5.74, 6) is 3.03. The minimum absolute atomic E-state index is 0.126. The SMILES string of the molecule is C[C@H](CCCC(C)(C)O)[C@H]1CC[C@H]2C3=CC=C4C[C@@H](O)CC[C@@]4(C)[C@@H]3CC[C@]12C. The lowest BCUT2D eigenvalue weighted by atomic mass is 9.50. The van der Waals surface area contributed by atoms with E-state index in [0.29, 0.717) is 16.7 Å². The molecule has 0 aromatic heterocycles. The molecule has 4 aliphatic carbocycles. The molecular weight excluding hydrogens is 356 g/mol. The van der Waals surface area contributed by atoms with E-state index in [1.165, 1.54) is 37.7 Å². The van der Waals surface area contributed by atoms with Crippen molar-refractivity contribution in [2.45, 2.75) is 111 Å². The summed E-state index contributed by atoms with van der Waals surface area (Å²) in [7, 11) is 0. The highest BCUT2D eigenvalue weighted by molar-refractivity contribution is 5.38. The smallest absolute Gasteiger partial charge is 0.0591 e. The fourth-order valence-electron chi connectivity index (χ4n) is 8.02. The van der Waals surface area contributed by atoms with Crippen molar-refractivity contribution in [1.29, 1.82) is 0 Å². The highest BCUT2D eigenvalue weighted by Gasteiger charge is 2.56. The second-order valence-electron chi connectivity index (χ2n) is 12.2. The van der Waals surface area contributed by atoms with Crippen molar-refractivity contribution >= 4 is 0 Å². The molecule has 0 aromatic carbocycles. The van der Waals surface area contributed by atoms with Crippen LogP contribution in [0, 0.1) is 34.5 Å². The Morgan fingerprint density at radius 3 is 2.55 bits per heavy atom. The zero-order valence-electron chi connectivity index (χ0n) is 19.5. The Morgan fingerprint density at radius 1 is 1.07 bits per heavy atom. The molecule has 0 saturated heterocycles. The fraction of sp³-hybridized carbons (Fsp3) is 0.852. The summed E-state index contributed by atoms with van der Waals surface area (Å²) < 4.78 is 0. The molecule has 3 saturated carbocycles. The number of aliphatic hydroxyl groups is 2. The molecule has 3 fully saturated rings. The van der Waals surface area contributed by atoms with Gasteiger partial charge in [-0.2, -0.15) is 0 Å². The number of hydrogen-bond acceptors (Lipinski definition) is 2. The average Bonchev–Trinajstić information content (AvgIpc) is 2.98. The molecule has 2 nitrogen and oxygen atoms in total. The lowest BCUT2D eigenvalue weighted by Crippen LogP contribution is -2.46. The standard InChI is InChI=1S/C27H44O2/c1-18(7-6-14-25(2,3)29)22-10-11-23-21-9-8-19-17-20(28)12-15-26(19,4)24(21)13-16-27(22,23)5/h8-9,18,20,22-24,28-29H,6-7,10-17H2,1-5H3/t18-,20+,22-,23+,24-,26-,27-/m1/s1. The quantitative estimate of drug-likeness (QED) is 0.559. The predicted molar refractivity (Wildman–Crippen MR) is 120 cm³/mol. The van der Waals surface area contributed by atoms with Crippen molar-refractivity contribution in [2.75, 3.05) is 0 Å². The van der Waals surface area contributed by atoms with Crippen molar-refractivity contribution in [3.05, 3.63) is 23.3 Å². The van der Waals surface area contributed by atoms with Crippen LogP contribution in [0.4, 0.5) is 0 Å². The molecule has 2 heteroatoms. The molecule has 0 radical (unpaired) electrons. The first-order valence-corrected chi connectivity index (χ1v) is 12.4. The summed E-state index contributed by atoms with van der Waals surface area (Å²) in [6.45, 7) is 11.5. The van der Waals surface area contributed by atoms with Gasteiger partial charge in [-0.25, -0.2) is 0 Å². The Balaban J connectivity index is 1.51. The third-order valence-electron chi connectivity index (χ3n) is 9.75. The summed E-state index contributed by atoms with van der Waals surface area (Å²) in [6.07, 6.45) is 16.5. The van der Waals surface area contributed by atoms with Gasteiger partial charge in [-0.3, -0.25) is 0 Å². The van der Waals surface area contributed by atoms with Crippen LogP contribution in [0.15, 0.2) is 23.3 Å². The first kappa shape index (κ1) is 21.6. The maximum absolute atomic E-state index is 10.2. The van der Waals surface area contributed by atoms with Crippen LogP contribution in [0.25, 0.3) is 0 Å². The van der Waals surface area contributed by atoms with Gasteiger partial charge in [-0.05, 0) is 99.7 Å². The van der Waals surface area contributed by atoms with Crippen molar-refractivity contribution in [2.24, 2.45) is 34.5 Å². The molecule has 2 N–H and O–H groups in total. The van der Waals surface area contributed by atoms with E-state index in [-0.39, 0.29) is 6.10 Å². The van der Waals surface area contributed by atoms with Gasteiger partial charge in [0, 0.05) is 0 Å². The third kappa shape index (κ3) is 3.78. The van der Waals surface area contributed by atoms with E-state index < -0.39 is 5.60 Å². The maximum Gasteiger partial charge on any atom is 0.0591 e. The maximum atomic E-state index is 10.2. The second kappa shape index (κ2) is 7.52. The molecular formula is C27H44O2. The van der Waals surface area contributed by atoms with Crippen molar-refractivity contribution in [1.82, 2.24) is 0 Å². The van der Waals surface area contributed by atoms with E-state index in [9.17, 15) is 10.2 Å². The van der Waals surface area contributed by atoms with Crippen LogP contribution in [0.2, 0.25) is 0 Å². The van der Waals surface area contributed by atoms with E-state index in [1.807, 2.05) is 13.8 Å². The number of allylic oxidation sites excluding steroid dienone is 3. The lowest BCUT2D eigenvalue weighted by molar-refractivity contribution is 0.0298. The normalized spacial score (nSPS) is 43.0. The van der Waals surface area contributed by atoms with Crippen molar-refractivity contribution < 1.29 is 10.2 Å². The Labute approximate surface area is 178 Å². The second-order valence-corrected chi connectivity index (χ2v) is 12.2. The van der Waals surface area contributed by atoms with Gasteiger partial charge in [0.05, 0.1) is 11.7 Å². The molecule has 0 aliphatic heterocycles. The molecule has 7 atom stereocenters. The molecule has 4 rings (SSSR count). The van der Waals surface area contributed by atoms with Crippen LogP contribution < -0.4 is 0 Å². The van der Waals surface area contributed by atoms with Crippen molar-refractivity contribution in [3.63, 3.8) is 0 Å². The van der Waals surface area contributed by atoms with Crippen LogP contribution in [0.3, 0.4) is 0 Å². The summed E-state index contributed by atoms with van der Waals surface area (Å²) in [5, 5.41) is 20.3. The number of rotatable bonds is 5. The summed E-state index contributed by atoms with van der Waals surface area (Å²) >= 11 is 0. The highest BCUT2D eigenvalue weighted by atomic mass is 16.3. The van der Waals surface area contributed by atoms with Crippen LogP contribution >= 0.6 is 0 Å². The fourth-order valence-corrected chi connectivity index (χ4v) is 8.02. The molecule has 29 heavy (non-hydrogen) atoms. The van der Waals surface area contributed by atoms with E-state index in [0.717, 1.165) is 49.9 Å². The van der Waals surface area contributed by atoms with Gasteiger partial charge < -0.3 is 10.2 Å². The zero-order valence-corrected chi connectivity index (χ0v) is 19.5. The first-order chi connectivity index (χ1) is 13.5. The predicted octanol–water partition coefficient (Wildman–Crippen LogP) is 6.42. The van der Waals surface area contributed by atoms with Crippen molar-refractivity contribution in [3.8, 4) is 0 Å². The highest BCUT2D eigenvalue weighted by Crippen LogP contribution is 2.66.